The fraction of sp³-hybridized carbons (Fsp3) is 0.312. The molecule has 0 aliphatic heterocycles. The Morgan fingerprint density at radius 2 is 2.09 bits per heavy atom. The highest BCUT2D eigenvalue weighted by Crippen LogP contribution is 2.29. The first-order valence-corrected chi connectivity index (χ1v) is 7.88. The molecule has 0 unspecified atom stereocenters. The molecule has 0 aromatic carbocycles. The molecule has 6 heteroatoms. The Kier molecular flexibility index (Phi) is 3.48. The SMILES string of the molecule is Cc1nc(C(C)(C)C)sc1C(=O)Nc1ccn2ccnc2c1. The van der Waals surface area contributed by atoms with Crippen LogP contribution in [0.5, 0.6) is 0 Å². The van der Waals surface area contributed by atoms with Crippen molar-refractivity contribution in [3.8, 4) is 0 Å². The number of anilines is 1. The minimum absolute atomic E-state index is 0.0529. The van der Waals surface area contributed by atoms with Gasteiger partial charge in [0, 0.05) is 35.8 Å². The molecular formula is C16H18N4OS. The lowest BCUT2D eigenvalue weighted by Crippen LogP contribution is -2.11. The number of aryl methyl sites for hydroxylation is 1. The van der Waals surface area contributed by atoms with Gasteiger partial charge in [-0.1, -0.05) is 20.8 Å². The van der Waals surface area contributed by atoms with Gasteiger partial charge < -0.3 is 9.72 Å². The monoisotopic (exact) mass is 314 g/mol. The summed E-state index contributed by atoms with van der Waals surface area (Å²) in [6, 6.07) is 3.70. The van der Waals surface area contributed by atoms with E-state index in [0.29, 0.717) is 4.88 Å². The van der Waals surface area contributed by atoms with E-state index in [1.54, 1.807) is 6.20 Å². The predicted molar refractivity (Wildman–Crippen MR) is 88.7 cm³/mol. The van der Waals surface area contributed by atoms with Crippen molar-refractivity contribution in [3.05, 3.63) is 46.3 Å². The largest absolute Gasteiger partial charge is 0.321 e. The van der Waals surface area contributed by atoms with Crippen LogP contribution in [0, 0.1) is 6.92 Å². The summed E-state index contributed by atoms with van der Waals surface area (Å²) in [5, 5.41) is 3.90. The van der Waals surface area contributed by atoms with Crippen LogP contribution in [0.25, 0.3) is 5.65 Å². The molecule has 0 bridgehead atoms. The molecule has 0 atom stereocenters. The van der Waals surface area contributed by atoms with Crippen LogP contribution in [-0.2, 0) is 5.41 Å². The summed E-state index contributed by atoms with van der Waals surface area (Å²) < 4.78 is 1.89. The molecule has 0 aliphatic carbocycles. The van der Waals surface area contributed by atoms with E-state index in [-0.39, 0.29) is 11.3 Å². The number of hydrogen-bond donors (Lipinski definition) is 1. The van der Waals surface area contributed by atoms with E-state index < -0.39 is 0 Å². The van der Waals surface area contributed by atoms with Gasteiger partial charge in [0.05, 0.1) is 10.7 Å². The van der Waals surface area contributed by atoms with Gasteiger partial charge in [-0.25, -0.2) is 9.97 Å². The lowest BCUT2D eigenvalue weighted by molar-refractivity contribution is 0.103. The van der Waals surface area contributed by atoms with Gasteiger partial charge in [0.15, 0.2) is 0 Å². The van der Waals surface area contributed by atoms with Gasteiger partial charge in [-0.05, 0) is 13.0 Å². The lowest BCUT2D eigenvalue weighted by Gasteiger charge is -2.13. The van der Waals surface area contributed by atoms with Crippen LogP contribution in [0.3, 0.4) is 0 Å². The molecule has 0 fully saturated rings. The summed E-state index contributed by atoms with van der Waals surface area (Å²) >= 11 is 1.46. The number of thiazole rings is 1. The number of carbonyl (C=O) groups is 1. The molecule has 1 amide bonds. The predicted octanol–water partition coefficient (Wildman–Crippen LogP) is 3.65. The van der Waals surface area contributed by atoms with Crippen molar-refractivity contribution in [2.24, 2.45) is 0 Å². The van der Waals surface area contributed by atoms with Crippen molar-refractivity contribution in [3.63, 3.8) is 0 Å². The summed E-state index contributed by atoms with van der Waals surface area (Å²) in [5.74, 6) is -0.124. The number of pyridine rings is 1. The molecule has 0 aliphatic rings. The number of amides is 1. The molecule has 0 spiro atoms. The maximum atomic E-state index is 12.5. The first-order chi connectivity index (χ1) is 10.3. The quantitative estimate of drug-likeness (QED) is 0.785. The number of rotatable bonds is 2. The van der Waals surface area contributed by atoms with Crippen LogP contribution in [0.4, 0.5) is 5.69 Å². The van der Waals surface area contributed by atoms with Crippen LogP contribution in [0.15, 0.2) is 30.7 Å². The van der Waals surface area contributed by atoms with E-state index in [1.807, 2.05) is 35.9 Å². The van der Waals surface area contributed by atoms with E-state index in [2.05, 4.69) is 36.1 Å². The highest BCUT2D eigenvalue weighted by atomic mass is 32.1. The lowest BCUT2D eigenvalue weighted by atomic mass is 9.98. The third kappa shape index (κ3) is 2.74. The van der Waals surface area contributed by atoms with Gasteiger partial charge >= 0.3 is 0 Å². The van der Waals surface area contributed by atoms with Crippen molar-refractivity contribution in [2.45, 2.75) is 33.1 Å². The molecule has 5 nitrogen and oxygen atoms in total. The van der Waals surface area contributed by atoms with E-state index in [9.17, 15) is 4.79 Å². The number of carbonyl (C=O) groups excluding carboxylic acids is 1. The summed E-state index contributed by atoms with van der Waals surface area (Å²) in [4.78, 5) is 21.9. The Bertz CT molecular complexity index is 841. The Morgan fingerprint density at radius 1 is 1.32 bits per heavy atom. The molecular weight excluding hydrogens is 296 g/mol. The van der Waals surface area contributed by atoms with Gasteiger partial charge in [-0.15, -0.1) is 11.3 Å². The first-order valence-electron chi connectivity index (χ1n) is 7.06. The number of nitrogens with zero attached hydrogens (tertiary/aromatic N) is 3. The summed E-state index contributed by atoms with van der Waals surface area (Å²) in [5.41, 5.74) is 2.25. The van der Waals surface area contributed by atoms with Gasteiger partial charge in [-0.3, -0.25) is 4.79 Å². The molecule has 3 aromatic rings. The zero-order valence-corrected chi connectivity index (χ0v) is 13.9. The van der Waals surface area contributed by atoms with Gasteiger partial charge in [0.2, 0.25) is 0 Å². The molecule has 114 valence electrons. The van der Waals surface area contributed by atoms with Crippen molar-refractivity contribution in [2.75, 3.05) is 5.32 Å². The fourth-order valence-electron chi connectivity index (χ4n) is 2.10. The average Bonchev–Trinajstić information content (AvgIpc) is 3.03. The number of nitrogens with one attached hydrogen (secondary N) is 1. The Morgan fingerprint density at radius 3 is 2.77 bits per heavy atom. The van der Waals surface area contributed by atoms with Crippen LogP contribution < -0.4 is 5.32 Å². The molecule has 3 heterocycles. The summed E-state index contributed by atoms with van der Waals surface area (Å²) in [7, 11) is 0. The third-order valence-electron chi connectivity index (χ3n) is 3.30. The molecule has 3 aromatic heterocycles. The van der Waals surface area contributed by atoms with Crippen molar-refractivity contribution in [1.82, 2.24) is 14.4 Å². The zero-order chi connectivity index (χ0) is 15.9. The van der Waals surface area contributed by atoms with Crippen molar-refractivity contribution >= 4 is 28.6 Å². The number of hydrogen-bond acceptors (Lipinski definition) is 4. The van der Waals surface area contributed by atoms with Crippen LogP contribution in [0.1, 0.15) is 41.1 Å². The average molecular weight is 314 g/mol. The maximum Gasteiger partial charge on any atom is 0.267 e. The molecule has 3 rings (SSSR count). The second kappa shape index (κ2) is 5.21. The molecule has 1 N–H and O–H groups in total. The van der Waals surface area contributed by atoms with Crippen LogP contribution >= 0.6 is 11.3 Å². The van der Waals surface area contributed by atoms with Gasteiger partial charge in [0.1, 0.15) is 10.5 Å². The van der Waals surface area contributed by atoms with Gasteiger partial charge in [-0.2, -0.15) is 0 Å². The standard InChI is InChI=1S/C16H18N4OS/c1-10-13(22-15(18-10)16(2,3)4)14(21)19-11-5-7-20-8-6-17-12(20)9-11/h5-9H,1-4H3,(H,19,21). The third-order valence-corrected chi connectivity index (χ3v) is 4.88. The second-order valence-electron chi connectivity index (χ2n) is 6.25. The summed E-state index contributed by atoms with van der Waals surface area (Å²) in [6.45, 7) is 8.16. The first kappa shape index (κ1) is 14.7. The van der Waals surface area contributed by atoms with E-state index in [1.165, 1.54) is 11.3 Å². The normalized spacial score (nSPS) is 11.8. The topological polar surface area (TPSA) is 59.3 Å². The minimum atomic E-state index is -0.124. The highest BCUT2D eigenvalue weighted by molar-refractivity contribution is 7.14. The molecule has 0 saturated carbocycles. The molecule has 22 heavy (non-hydrogen) atoms. The Hall–Kier alpha value is -2.21. The van der Waals surface area contributed by atoms with Crippen LogP contribution in [0.2, 0.25) is 0 Å². The number of fused-ring (bicyclic) bond motifs is 1. The van der Waals surface area contributed by atoms with Crippen molar-refractivity contribution in [1.29, 1.82) is 0 Å². The molecule has 0 saturated heterocycles. The summed E-state index contributed by atoms with van der Waals surface area (Å²) in [6.07, 6.45) is 5.46. The Balaban J connectivity index is 1.86. The van der Waals surface area contributed by atoms with E-state index in [4.69, 9.17) is 0 Å². The van der Waals surface area contributed by atoms with Gasteiger partial charge in [0.25, 0.3) is 5.91 Å². The molecule has 0 radical (unpaired) electrons. The minimum Gasteiger partial charge on any atom is -0.321 e. The zero-order valence-electron chi connectivity index (χ0n) is 13.0. The smallest absolute Gasteiger partial charge is 0.267 e. The maximum absolute atomic E-state index is 12.5. The second-order valence-corrected chi connectivity index (χ2v) is 7.24. The van der Waals surface area contributed by atoms with E-state index in [0.717, 1.165) is 22.0 Å². The van der Waals surface area contributed by atoms with E-state index >= 15 is 0 Å². The van der Waals surface area contributed by atoms with Crippen molar-refractivity contribution < 1.29 is 4.79 Å². The Labute approximate surface area is 133 Å². The number of imidazole rings is 1. The van der Waals surface area contributed by atoms with Crippen LogP contribution in [-0.4, -0.2) is 20.3 Å². The fourth-order valence-corrected chi connectivity index (χ4v) is 3.12. The highest BCUT2D eigenvalue weighted by Gasteiger charge is 2.23. The number of aromatic nitrogens is 3.